The second-order valence-corrected chi connectivity index (χ2v) is 7.12. The lowest BCUT2D eigenvalue weighted by molar-refractivity contribution is 0.483. The third-order valence-corrected chi connectivity index (χ3v) is 4.61. The quantitative estimate of drug-likeness (QED) is 0.487. The van der Waals surface area contributed by atoms with Crippen molar-refractivity contribution >= 4 is 11.8 Å². The molecule has 29 heavy (non-hydrogen) atoms. The summed E-state index contributed by atoms with van der Waals surface area (Å²) in [7, 11) is 0. The SMILES string of the molecule is Cc1cc(Nc2nc(-c3cccc(Oc4ccccc4)c3)nc(C3CC3)n2)n[nH]1. The summed E-state index contributed by atoms with van der Waals surface area (Å²) in [6.07, 6.45) is 2.23. The van der Waals surface area contributed by atoms with Crippen molar-refractivity contribution in [3.8, 4) is 22.9 Å². The third kappa shape index (κ3) is 4.08. The predicted octanol–water partition coefficient (Wildman–Crippen LogP) is 4.98. The zero-order chi connectivity index (χ0) is 19.6. The summed E-state index contributed by atoms with van der Waals surface area (Å²) in [5, 5.41) is 10.3. The van der Waals surface area contributed by atoms with Crippen LogP contribution in [0.2, 0.25) is 0 Å². The average Bonchev–Trinajstić information content (AvgIpc) is 3.51. The Hall–Kier alpha value is -3.74. The topological polar surface area (TPSA) is 88.6 Å². The molecule has 0 saturated heterocycles. The minimum absolute atomic E-state index is 0.405. The number of H-pyrrole nitrogens is 1. The summed E-state index contributed by atoms with van der Waals surface area (Å²) in [6.45, 7) is 1.95. The second-order valence-electron chi connectivity index (χ2n) is 7.12. The Kier molecular flexibility index (Phi) is 4.40. The van der Waals surface area contributed by atoms with Gasteiger partial charge >= 0.3 is 0 Å². The molecule has 1 fully saturated rings. The van der Waals surface area contributed by atoms with Gasteiger partial charge in [-0.25, -0.2) is 4.98 Å². The monoisotopic (exact) mass is 384 g/mol. The lowest BCUT2D eigenvalue weighted by Crippen LogP contribution is -2.05. The van der Waals surface area contributed by atoms with Crippen LogP contribution in [0.1, 0.15) is 30.3 Å². The number of para-hydroxylation sites is 1. The highest BCUT2D eigenvalue weighted by atomic mass is 16.5. The van der Waals surface area contributed by atoms with Gasteiger partial charge in [0.1, 0.15) is 17.3 Å². The first-order chi connectivity index (χ1) is 14.2. The summed E-state index contributed by atoms with van der Waals surface area (Å²) >= 11 is 0. The fourth-order valence-corrected chi connectivity index (χ4v) is 3.02. The van der Waals surface area contributed by atoms with Crippen molar-refractivity contribution in [1.82, 2.24) is 25.1 Å². The number of nitrogens with zero attached hydrogens (tertiary/aromatic N) is 4. The molecule has 4 aromatic rings. The van der Waals surface area contributed by atoms with Gasteiger partial charge in [0.05, 0.1) is 0 Å². The summed E-state index contributed by atoms with van der Waals surface area (Å²) in [5.41, 5.74) is 1.85. The second kappa shape index (κ2) is 7.35. The summed E-state index contributed by atoms with van der Waals surface area (Å²) < 4.78 is 5.96. The number of aromatic nitrogens is 5. The highest BCUT2D eigenvalue weighted by molar-refractivity contribution is 5.60. The predicted molar refractivity (Wildman–Crippen MR) is 110 cm³/mol. The lowest BCUT2D eigenvalue weighted by atomic mass is 10.2. The number of ether oxygens (including phenoxy) is 1. The molecular weight excluding hydrogens is 364 g/mol. The maximum atomic E-state index is 5.96. The van der Waals surface area contributed by atoms with Crippen LogP contribution in [-0.4, -0.2) is 25.1 Å². The Morgan fingerprint density at radius 3 is 2.52 bits per heavy atom. The van der Waals surface area contributed by atoms with Crippen molar-refractivity contribution in [3.63, 3.8) is 0 Å². The van der Waals surface area contributed by atoms with E-state index in [9.17, 15) is 0 Å². The number of rotatable bonds is 6. The molecule has 7 heteroatoms. The minimum Gasteiger partial charge on any atom is -0.457 e. The third-order valence-electron chi connectivity index (χ3n) is 4.61. The standard InChI is InChI=1S/C22H20N6O/c1-14-12-19(28-27-14)23-22-25-20(15-10-11-15)24-21(26-22)16-6-5-9-18(13-16)29-17-7-3-2-4-8-17/h2-9,12-13,15H,10-11H2,1H3,(H2,23,24,25,26,27,28). The van der Waals surface area contributed by atoms with E-state index in [1.165, 1.54) is 0 Å². The van der Waals surface area contributed by atoms with E-state index in [0.717, 1.165) is 41.4 Å². The van der Waals surface area contributed by atoms with Crippen molar-refractivity contribution < 1.29 is 4.74 Å². The van der Waals surface area contributed by atoms with Gasteiger partial charge in [-0.15, -0.1) is 0 Å². The molecule has 1 saturated carbocycles. The maximum Gasteiger partial charge on any atom is 0.232 e. The highest BCUT2D eigenvalue weighted by Crippen LogP contribution is 2.39. The molecule has 0 aliphatic heterocycles. The largest absolute Gasteiger partial charge is 0.457 e. The van der Waals surface area contributed by atoms with Gasteiger partial charge in [0.15, 0.2) is 11.6 Å². The molecule has 2 aromatic carbocycles. The Bertz CT molecular complexity index is 1140. The van der Waals surface area contributed by atoms with Gasteiger partial charge in [-0.1, -0.05) is 30.3 Å². The molecule has 0 spiro atoms. The Morgan fingerprint density at radius 2 is 1.76 bits per heavy atom. The molecule has 1 aliphatic rings. The first kappa shape index (κ1) is 17.4. The lowest BCUT2D eigenvalue weighted by Gasteiger charge is -2.09. The van der Waals surface area contributed by atoms with Gasteiger partial charge in [-0.05, 0) is 44.0 Å². The molecule has 144 valence electrons. The molecule has 0 bridgehead atoms. The van der Waals surface area contributed by atoms with Gasteiger partial charge in [0, 0.05) is 23.2 Å². The molecule has 0 atom stereocenters. The molecule has 7 nitrogen and oxygen atoms in total. The van der Waals surface area contributed by atoms with Crippen LogP contribution in [0, 0.1) is 6.92 Å². The zero-order valence-electron chi connectivity index (χ0n) is 16.0. The van der Waals surface area contributed by atoms with Crippen molar-refractivity contribution in [1.29, 1.82) is 0 Å². The van der Waals surface area contributed by atoms with E-state index in [0.29, 0.717) is 23.5 Å². The van der Waals surface area contributed by atoms with Crippen LogP contribution in [0.5, 0.6) is 11.5 Å². The fourth-order valence-electron chi connectivity index (χ4n) is 3.02. The van der Waals surface area contributed by atoms with E-state index in [-0.39, 0.29) is 0 Å². The molecule has 5 rings (SSSR count). The Balaban J connectivity index is 1.47. The molecule has 0 unspecified atom stereocenters. The van der Waals surface area contributed by atoms with Crippen molar-refractivity contribution in [2.75, 3.05) is 5.32 Å². The fraction of sp³-hybridized carbons (Fsp3) is 0.182. The summed E-state index contributed by atoms with van der Waals surface area (Å²) in [6, 6.07) is 19.4. The van der Waals surface area contributed by atoms with E-state index >= 15 is 0 Å². The van der Waals surface area contributed by atoms with Gasteiger partial charge < -0.3 is 10.1 Å². The van der Waals surface area contributed by atoms with Crippen molar-refractivity contribution in [2.45, 2.75) is 25.7 Å². The maximum absolute atomic E-state index is 5.96. The number of nitrogens with one attached hydrogen (secondary N) is 2. The van der Waals surface area contributed by atoms with Gasteiger partial charge in [-0.3, -0.25) is 5.10 Å². The van der Waals surface area contributed by atoms with E-state index in [4.69, 9.17) is 9.72 Å². The highest BCUT2D eigenvalue weighted by Gasteiger charge is 2.28. The molecule has 1 aliphatic carbocycles. The van der Waals surface area contributed by atoms with E-state index < -0.39 is 0 Å². The van der Waals surface area contributed by atoms with Gasteiger partial charge in [0.25, 0.3) is 0 Å². The molecule has 0 radical (unpaired) electrons. The number of aromatic amines is 1. The Labute approximate surface area is 168 Å². The van der Waals surface area contributed by atoms with Gasteiger partial charge in [0.2, 0.25) is 5.95 Å². The van der Waals surface area contributed by atoms with Crippen LogP contribution in [-0.2, 0) is 0 Å². The van der Waals surface area contributed by atoms with Gasteiger partial charge in [-0.2, -0.15) is 15.1 Å². The zero-order valence-corrected chi connectivity index (χ0v) is 16.0. The summed E-state index contributed by atoms with van der Waals surface area (Å²) in [4.78, 5) is 13.9. The van der Waals surface area contributed by atoms with Crippen LogP contribution < -0.4 is 10.1 Å². The molecular formula is C22H20N6O. The van der Waals surface area contributed by atoms with E-state index in [2.05, 4.69) is 25.5 Å². The average molecular weight is 384 g/mol. The Morgan fingerprint density at radius 1 is 0.931 bits per heavy atom. The first-order valence-corrected chi connectivity index (χ1v) is 9.61. The number of hydrogen-bond donors (Lipinski definition) is 2. The minimum atomic E-state index is 0.405. The molecule has 2 N–H and O–H groups in total. The smallest absolute Gasteiger partial charge is 0.232 e. The van der Waals surface area contributed by atoms with Crippen LogP contribution in [0.3, 0.4) is 0 Å². The van der Waals surface area contributed by atoms with E-state index in [1.54, 1.807) is 0 Å². The first-order valence-electron chi connectivity index (χ1n) is 9.61. The van der Waals surface area contributed by atoms with Crippen LogP contribution in [0.4, 0.5) is 11.8 Å². The molecule has 0 amide bonds. The van der Waals surface area contributed by atoms with Crippen LogP contribution in [0.25, 0.3) is 11.4 Å². The number of hydrogen-bond acceptors (Lipinski definition) is 6. The number of anilines is 2. The van der Waals surface area contributed by atoms with Crippen LogP contribution >= 0.6 is 0 Å². The number of aryl methyl sites for hydroxylation is 1. The normalized spacial score (nSPS) is 13.3. The molecule has 2 aromatic heterocycles. The summed E-state index contributed by atoms with van der Waals surface area (Å²) in [5.74, 6) is 4.55. The number of benzene rings is 2. The van der Waals surface area contributed by atoms with Crippen LogP contribution in [0.15, 0.2) is 60.7 Å². The van der Waals surface area contributed by atoms with Crippen molar-refractivity contribution in [2.24, 2.45) is 0 Å². The molecule has 2 heterocycles. The van der Waals surface area contributed by atoms with Crippen molar-refractivity contribution in [3.05, 3.63) is 72.2 Å². The van der Waals surface area contributed by atoms with E-state index in [1.807, 2.05) is 67.6 Å².